The van der Waals surface area contributed by atoms with Crippen LogP contribution < -0.4 is 10.2 Å². The molecule has 2 aliphatic rings. The minimum absolute atomic E-state index is 0. The SMILES string of the molecule is Cc1cc(Nc2ncn(-c3ccccc3)n2)cc(N2CC3(COC3)C2)c1.[HH]. The molecule has 0 amide bonds. The lowest BCUT2D eigenvalue weighted by Crippen LogP contribution is -2.66. The monoisotopic (exact) mass is 349 g/mol. The van der Waals surface area contributed by atoms with E-state index in [1.54, 1.807) is 11.0 Å². The van der Waals surface area contributed by atoms with Gasteiger partial charge in [0, 0.05) is 25.9 Å². The van der Waals surface area contributed by atoms with Gasteiger partial charge in [-0.15, -0.1) is 5.10 Å². The molecule has 0 unspecified atom stereocenters. The molecule has 2 aromatic carbocycles. The number of benzene rings is 2. The Morgan fingerprint density at radius 1 is 1.08 bits per heavy atom. The summed E-state index contributed by atoms with van der Waals surface area (Å²) in [4.78, 5) is 6.80. The summed E-state index contributed by atoms with van der Waals surface area (Å²) in [6.45, 7) is 6.09. The first-order valence-corrected chi connectivity index (χ1v) is 8.88. The number of nitrogens with one attached hydrogen (secondary N) is 1. The summed E-state index contributed by atoms with van der Waals surface area (Å²) in [7, 11) is 0. The highest BCUT2D eigenvalue weighted by atomic mass is 16.5. The van der Waals surface area contributed by atoms with E-state index in [1.807, 2.05) is 30.3 Å². The van der Waals surface area contributed by atoms with Gasteiger partial charge in [0.25, 0.3) is 0 Å². The zero-order chi connectivity index (χ0) is 17.6. The largest absolute Gasteiger partial charge is 0.380 e. The third kappa shape index (κ3) is 2.72. The molecule has 6 heteroatoms. The van der Waals surface area contributed by atoms with Crippen molar-refractivity contribution in [1.29, 1.82) is 0 Å². The van der Waals surface area contributed by atoms with Crippen molar-refractivity contribution >= 4 is 17.3 Å². The Kier molecular flexibility index (Phi) is 3.46. The van der Waals surface area contributed by atoms with Crippen LogP contribution in [0.4, 0.5) is 17.3 Å². The van der Waals surface area contributed by atoms with Crippen LogP contribution in [-0.4, -0.2) is 41.1 Å². The van der Waals surface area contributed by atoms with E-state index in [9.17, 15) is 0 Å². The van der Waals surface area contributed by atoms with E-state index in [2.05, 4.69) is 45.4 Å². The van der Waals surface area contributed by atoms with Crippen molar-refractivity contribution in [3.05, 3.63) is 60.4 Å². The number of para-hydroxylation sites is 1. The second-order valence-electron chi connectivity index (χ2n) is 7.38. The maximum atomic E-state index is 5.37. The molecule has 1 spiro atoms. The predicted molar refractivity (Wildman–Crippen MR) is 103 cm³/mol. The van der Waals surface area contributed by atoms with Gasteiger partial charge in [0.05, 0.1) is 24.3 Å². The highest BCUT2D eigenvalue weighted by molar-refractivity contribution is 5.65. The fourth-order valence-corrected chi connectivity index (χ4v) is 3.69. The van der Waals surface area contributed by atoms with Crippen molar-refractivity contribution in [3.63, 3.8) is 0 Å². The summed E-state index contributed by atoms with van der Waals surface area (Å²) < 4.78 is 7.14. The minimum Gasteiger partial charge on any atom is -0.380 e. The molecule has 0 aliphatic carbocycles. The molecule has 0 radical (unpaired) electrons. The average Bonchev–Trinajstić information content (AvgIpc) is 3.01. The first kappa shape index (κ1) is 15.4. The molecule has 3 heterocycles. The van der Waals surface area contributed by atoms with Crippen molar-refractivity contribution < 1.29 is 6.16 Å². The third-order valence-electron chi connectivity index (χ3n) is 5.07. The van der Waals surface area contributed by atoms with Gasteiger partial charge in [-0.25, -0.2) is 4.68 Å². The summed E-state index contributed by atoms with van der Waals surface area (Å²) in [5.74, 6) is 0.595. The average molecular weight is 349 g/mol. The lowest BCUT2D eigenvalue weighted by atomic mass is 9.77. The second-order valence-corrected chi connectivity index (χ2v) is 7.38. The first-order valence-electron chi connectivity index (χ1n) is 8.88. The Bertz CT molecular complexity index is 931. The third-order valence-corrected chi connectivity index (χ3v) is 5.07. The van der Waals surface area contributed by atoms with Crippen LogP contribution in [-0.2, 0) is 4.74 Å². The topological polar surface area (TPSA) is 55.2 Å². The molecule has 3 aromatic rings. The second kappa shape index (κ2) is 5.85. The summed E-state index contributed by atoms with van der Waals surface area (Å²) >= 11 is 0. The number of aryl methyl sites for hydroxylation is 1. The summed E-state index contributed by atoms with van der Waals surface area (Å²) in [6, 6.07) is 16.5. The molecular weight excluding hydrogens is 326 g/mol. The van der Waals surface area contributed by atoms with Gasteiger partial charge in [-0.1, -0.05) is 18.2 Å². The summed E-state index contributed by atoms with van der Waals surface area (Å²) in [6.07, 6.45) is 1.73. The molecule has 26 heavy (non-hydrogen) atoms. The van der Waals surface area contributed by atoms with Gasteiger partial charge in [0.15, 0.2) is 0 Å². The molecule has 6 nitrogen and oxygen atoms in total. The van der Waals surface area contributed by atoms with Crippen LogP contribution in [0.3, 0.4) is 0 Å². The number of hydrogen-bond acceptors (Lipinski definition) is 5. The standard InChI is InChI=1S/C20H21N5O.H2/c1-15-7-16(9-18(8-15)24-10-20(11-24)12-26-13-20)22-19-21-14-25(23-19)17-5-3-2-4-6-17;/h2-9,14H,10-13H2,1H3,(H,22,23);1H. The Morgan fingerprint density at radius 2 is 1.88 bits per heavy atom. The van der Waals surface area contributed by atoms with Crippen molar-refractivity contribution in [2.45, 2.75) is 6.92 Å². The Hall–Kier alpha value is -2.86. The highest BCUT2D eigenvalue weighted by Gasteiger charge is 2.49. The number of rotatable bonds is 4. The molecular formula is C20H23N5O. The minimum atomic E-state index is 0. The van der Waals surface area contributed by atoms with E-state index in [0.29, 0.717) is 11.4 Å². The lowest BCUT2D eigenvalue weighted by molar-refractivity contribution is -0.127. The summed E-state index contributed by atoms with van der Waals surface area (Å²) in [5, 5.41) is 7.86. The molecule has 2 saturated heterocycles. The van der Waals surface area contributed by atoms with E-state index < -0.39 is 0 Å². The van der Waals surface area contributed by atoms with Crippen LogP contribution in [0.25, 0.3) is 5.69 Å². The van der Waals surface area contributed by atoms with Crippen molar-refractivity contribution in [1.82, 2.24) is 14.8 Å². The van der Waals surface area contributed by atoms with Gasteiger partial charge >= 0.3 is 0 Å². The molecule has 134 valence electrons. The highest BCUT2D eigenvalue weighted by Crippen LogP contribution is 2.41. The van der Waals surface area contributed by atoms with Crippen molar-refractivity contribution in [2.75, 3.05) is 36.5 Å². The van der Waals surface area contributed by atoms with Gasteiger partial charge in [0.2, 0.25) is 5.95 Å². The Labute approximate surface area is 153 Å². The zero-order valence-corrected chi connectivity index (χ0v) is 14.7. The fourth-order valence-electron chi connectivity index (χ4n) is 3.69. The number of anilines is 3. The molecule has 0 bridgehead atoms. The molecule has 2 aliphatic heterocycles. The Morgan fingerprint density at radius 3 is 2.62 bits per heavy atom. The van der Waals surface area contributed by atoms with Gasteiger partial charge < -0.3 is 15.0 Å². The number of hydrogen-bond donors (Lipinski definition) is 1. The Balaban J connectivity index is 0.00000180. The van der Waals surface area contributed by atoms with Gasteiger partial charge in [-0.3, -0.25) is 0 Å². The molecule has 5 rings (SSSR count). The van der Waals surface area contributed by atoms with E-state index in [-0.39, 0.29) is 1.43 Å². The van der Waals surface area contributed by atoms with E-state index >= 15 is 0 Å². The number of aromatic nitrogens is 3. The van der Waals surface area contributed by atoms with Gasteiger partial charge in [-0.2, -0.15) is 4.98 Å². The number of ether oxygens (including phenoxy) is 1. The number of nitrogens with zero attached hydrogens (tertiary/aromatic N) is 4. The lowest BCUT2D eigenvalue weighted by Gasteiger charge is -2.56. The summed E-state index contributed by atoms with van der Waals surface area (Å²) in [5.41, 5.74) is 4.88. The zero-order valence-electron chi connectivity index (χ0n) is 14.7. The smallest absolute Gasteiger partial charge is 0.246 e. The molecule has 1 N–H and O–H groups in total. The molecule has 0 saturated carbocycles. The van der Waals surface area contributed by atoms with Crippen LogP contribution in [0.5, 0.6) is 0 Å². The van der Waals surface area contributed by atoms with E-state index in [4.69, 9.17) is 4.74 Å². The van der Waals surface area contributed by atoms with Crippen LogP contribution in [0.1, 0.15) is 6.99 Å². The van der Waals surface area contributed by atoms with Gasteiger partial charge in [-0.05, 0) is 42.8 Å². The van der Waals surface area contributed by atoms with Gasteiger partial charge in [0.1, 0.15) is 6.33 Å². The normalized spacial score (nSPS) is 17.7. The van der Waals surface area contributed by atoms with E-state index in [1.165, 1.54) is 11.3 Å². The van der Waals surface area contributed by atoms with Crippen LogP contribution in [0.2, 0.25) is 0 Å². The van der Waals surface area contributed by atoms with Crippen LogP contribution in [0.15, 0.2) is 54.9 Å². The molecule has 0 atom stereocenters. The predicted octanol–water partition coefficient (Wildman–Crippen LogP) is 3.40. The van der Waals surface area contributed by atoms with Crippen LogP contribution in [0, 0.1) is 12.3 Å². The van der Waals surface area contributed by atoms with Crippen molar-refractivity contribution in [3.8, 4) is 5.69 Å². The van der Waals surface area contributed by atoms with Crippen LogP contribution >= 0.6 is 0 Å². The maximum absolute atomic E-state index is 5.37. The molecule has 1 aromatic heterocycles. The van der Waals surface area contributed by atoms with E-state index in [0.717, 1.165) is 37.7 Å². The van der Waals surface area contributed by atoms with Crippen molar-refractivity contribution in [2.24, 2.45) is 5.41 Å². The first-order chi connectivity index (χ1) is 12.7. The molecule has 2 fully saturated rings. The fraction of sp³-hybridized carbons (Fsp3) is 0.300. The maximum Gasteiger partial charge on any atom is 0.246 e. The quantitative estimate of drug-likeness (QED) is 0.782.